The van der Waals surface area contributed by atoms with E-state index in [1.165, 1.54) is 30.7 Å². The Morgan fingerprint density at radius 2 is 2.00 bits per heavy atom. The second kappa shape index (κ2) is 3.93. The first-order valence-corrected chi connectivity index (χ1v) is 7.34. The lowest BCUT2D eigenvalue weighted by Gasteiger charge is -1.95. The molecule has 0 N–H and O–H groups in total. The molecule has 0 aliphatic carbocycles. The molecule has 0 radical (unpaired) electrons. The molecule has 0 amide bonds. The van der Waals surface area contributed by atoms with Gasteiger partial charge < -0.3 is 4.42 Å². The molecule has 3 rings (SSSR count). The zero-order valence-corrected chi connectivity index (χ0v) is 10.6. The van der Waals surface area contributed by atoms with Crippen molar-refractivity contribution in [3.63, 3.8) is 0 Å². The Hall–Kier alpha value is -1.66. The van der Waals surface area contributed by atoms with Crippen molar-refractivity contribution in [2.45, 2.75) is 9.10 Å². The van der Waals surface area contributed by atoms with E-state index in [4.69, 9.17) is 4.42 Å². The van der Waals surface area contributed by atoms with Crippen LogP contribution in [0, 0.1) is 5.82 Å². The number of thiophene rings is 1. The number of fused-ring (bicyclic) bond motifs is 1. The van der Waals surface area contributed by atoms with Gasteiger partial charge in [0.2, 0.25) is 9.84 Å². The average Bonchev–Trinajstić information content (AvgIpc) is 2.97. The lowest BCUT2D eigenvalue weighted by atomic mass is 10.3. The van der Waals surface area contributed by atoms with Crippen molar-refractivity contribution in [1.82, 2.24) is 0 Å². The summed E-state index contributed by atoms with van der Waals surface area (Å²) in [6, 6.07) is 7.13. The van der Waals surface area contributed by atoms with Crippen LogP contribution in [0.5, 0.6) is 0 Å². The SMILES string of the molecule is O=S(=O)(c1ccoc1)c1cc2ccc(F)cc2s1. The summed E-state index contributed by atoms with van der Waals surface area (Å²) >= 11 is 1.05. The smallest absolute Gasteiger partial charge is 0.219 e. The standard InChI is InChI=1S/C12H7FO3S2/c13-9-2-1-8-5-12(17-11(8)6-9)18(14,15)10-3-4-16-7-10/h1-7H. The molecule has 0 unspecified atom stereocenters. The third-order valence-corrected chi connectivity index (χ3v) is 5.83. The monoisotopic (exact) mass is 282 g/mol. The second-order valence-corrected chi connectivity index (χ2v) is 6.97. The number of hydrogen-bond acceptors (Lipinski definition) is 4. The molecule has 3 aromatic rings. The lowest BCUT2D eigenvalue weighted by Crippen LogP contribution is -1.96. The fourth-order valence-electron chi connectivity index (χ4n) is 1.63. The third-order valence-electron chi connectivity index (χ3n) is 2.53. The van der Waals surface area contributed by atoms with E-state index in [0.717, 1.165) is 11.3 Å². The molecule has 92 valence electrons. The molecule has 0 aliphatic rings. The number of hydrogen-bond donors (Lipinski definition) is 0. The molecule has 2 aromatic heterocycles. The maximum absolute atomic E-state index is 13.1. The zero-order chi connectivity index (χ0) is 12.8. The number of sulfone groups is 1. The summed E-state index contributed by atoms with van der Waals surface area (Å²) in [5, 5.41) is 0.712. The van der Waals surface area contributed by atoms with E-state index in [-0.39, 0.29) is 14.9 Å². The summed E-state index contributed by atoms with van der Waals surface area (Å²) < 4.78 is 43.0. The summed E-state index contributed by atoms with van der Waals surface area (Å²) in [5.41, 5.74) is 0. The van der Waals surface area contributed by atoms with Gasteiger partial charge in [0.25, 0.3) is 0 Å². The molecule has 0 saturated carbocycles. The normalized spacial score (nSPS) is 12.1. The highest BCUT2D eigenvalue weighted by Crippen LogP contribution is 2.33. The van der Waals surface area contributed by atoms with Gasteiger partial charge >= 0.3 is 0 Å². The highest BCUT2D eigenvalue weighted by atomic mass is 32.2. The van der Waals surface area contributed by atoms with E-state index in [1.54, 1.807) is 12.1 Å². The lowest BCUT2D eigenvalue weighted by molar-refractivity contribution is 0.556. The first-order chi connectivity index (χ1) is 8.57. The molecule has 2 heterocycles. The van der Waals surface area contributed by atoms with Gasteiger partial charge in [0.05, 0.1) is 6.26 Å². The van der Waals surface area contributed by atoms with E-state index in [0.29, 0.717) is 10.1 Å². The van der Waals surface area contributed by atoms with Gasteiger partial charge in [0.15, 0.2) is 0 Å². The summed E-state index contributed by atoms with van der Waals surface area (Å²) in [6.07, 6.45) is 2.49. The molecule has 0 spiro atoms. The molecule has 0 aliphatic heterocycles. The predicted octanol–water partition coefficient (Wildman–Crippen LogP) is 3.47. The van der Waals surface area contributed by atoms with Crippen LogP contribution < -0.4 is 0 Å². The zero-order valence-electron chi connectivity index (χ0n) is 8.96. The van der Waals surface area contributed by atoms with Crippen molar-refractivity contribution >= 4 is 31.3 Å². The first-order valence-electron chi connectivity index (χ1n) is 5.04. The summed E-state index contributed by atoms with van der Waals surface area (Å²) in [6.45, 7) is 0. The topological polar surface area (TPSA) is 47.3 Å². The minimum absolute atomic E-state index is 0.106. The van der Waals surface area contributed by atoms with Gasteiger partial charge in [-0.1, -0.05) is 6.07 Å². The molecule has 0 saturated heterocycles. The van der Waals surface area contributed by atoms with Crippen LogP contribution in [0.4, 0.5) is 4.39 Å². The highest BCUT2D eigenvalue weighted by molar-refractivity contribution is 7.93. The number of halogens is 1. The summed E-state index contributed by atoms with van der Waals surface area (Å²) in [5.74, 6) is -0.378. The van der Waals surface area contributed by atoms with E-state index in [9.17, 15) is 12.8 Å². The van der Waals surface area contributed by atoms with E-state index >= 15 is 0 Å². The molecular weight excluding hydrogens is 275 g/mol. The quantitative estimate of drug-likeness (QED) is 0.723. The first kappa shape index (κ1) is 11.4. The van der Waals surface area contributed by atoms with Crippen LogP contribution in [0.1, 0.15) is 0 Å². The van der Waals surface area contributed by atoms with Crippen molar-refractivity contribution in [3.05, 3.63) is 48.7 Å². The Morgan fingerprint density at radius 1 is 1.17 bits per heavy atom. The van der Waals surface area contributed by atoms with Crippen LogP contribution in [-0.2, 0) is 9.84 Å². The van der Waals surface area contributed by atoms with E-state index < -0.39 is 9.84 Å². The van der Waals surface area contributed by atoms with Crippen LogP contribution in [0.2, 0.25) is 0 Å². The van der Waals surface area contributed by atoms with Crippen LogP contribution in [0.25, 0.3) is 10.1 Å². The van der Waals surface area contributed by atoms with Crippen LogP contribution in [-0.4, -0.2) is 8.42 Å². The van der Waals surface area contributed by atoms with Crippen LogP contribution >= 0.6 is 11.3 Å². The van der Waals surface area contributed by atoms with Gasteiger partial charge in [-0.2, -0.15) is 0 Å². The number of furan rings is 1. The molecule has 18 heavy (non-hydrogen) atoms. The molecule has 6 heteroatoms. The third kappa shape index (κ3) is 1.74. The van der Waals surface area contributed by atoms with Gasteiger partial charge in [-0.3, -0.25) is 0 Å². The Labute approximate surface area is 106 Å². The largest absolute Gasteiger partial charge is 0.471 e. The Balaban J connectivity index is 2.21. The molecule has 0 bridgehead atoms. The van der Waals surface area contributed by atoms with E-state index in [1.807, 2.05) is 0 Å². The van der Waals surface area contributed by atoms with Gasteiger partial charge in [-0.05, 0) is 29.7 Å². The van der Waals surface area contributed by atoms with Crippen LogP contribution in [0.15, 0.2) is 56.4 Å². The average molecular weight is 282 g/mol. The fraction of sp³-hybridized carbons (Fsp3) is 0. The molecule has 3 nitrogen and oxygen atoms in total. The van der Waals surface area contributed by atoms with Crippen molar-refractivity contribution in [1.29, 1.82) is 0 Å². The van der Waals surface area contributed by atoms with E-state index in [2.05, 4.69) is 0 Å². The molecule has 0 fully saturated rings. The molecule has 0 atom stereocenters. The fourth-order valence-corrected chi connectivity index (χ4v) is 4.38. The van der Waals surface area contributed by atoms with Crippen LogP contribution in [0.3, 0.4) is 0 Å². The molecule has 1 aromatic carbocycles. The number of benzene rings is 1. The van der Waals surface area contributed by atoms with Crippen molar-refractivity contribution in [2.24, 2.45) is 0 Å². The van der Waals surface area contributed by atoms with Gasteiger partial charge in [-0.15, -0.1) is 11.3 Å². The van der Waals surface area contributed by atoms with Crippen molar-refractivity contribution in [2.75, 3.05) is 0 Å². The predicted molar refractivity (Wildman–Crippen MR) is 65.9 cm³/mol. The molecular formula is C12H7FO3S2. The Bertz CT molecular complexity index is 801. The maximum Gasteiger partial charge on any atom is 0.219 e. The maximum atomic E-state index is 13.1. The second-order valence-electron chi connectivity index (χ2n) is 3.71. The van der Waals surface area contributed by atoms with Gasteiger partial charge in [0.1, 0.15) is 21.2 Å². The minimum Gasteiger partial charge on any atom is -0.471 e. The van der Waals surface area contributed by atoms with Crippen molar-refractivity contribution < 1.29 is 17.2 Å². The summed E-state index contributed by atoms with van der Waals surface area (Å²) in [4.78, 5) is 0.106. The minimum atomic E-state index is -3.57. The van der Waals surface area contributed by atoms with Crippen molar-refractivity contribution in [3.8, 4) is 0 Å². The van der Waals surface area contributed by atoms with Gasteiger partial charge in [0, 0.05) is 4.70 Å². The Morgan fingerprint density at radius 3 is 2.72 bits per heavy atom. The highest BCUT2D eigenvalue weighted by Gasteiger charge is 2.21. The van der Waals surface area contributed by atoms with Gasteiger partial charge in [-0.25, -0.2) is 12.8 Å². The Kier molecular flexibility index (Phi) is 2.49. The number of rotatable bonds is 2. The summed E-state index contributed by atoms with van der Waals surface area (Å²) in [7, 11) is -3.57.